The summed E-state index contributed by atoms with van der Waals surface area (Å²) in [6.45, 7) is 2.16. The molecule has 13 heavy (non-hydrogen) atoms. The maximum Gasteiger partial charge on any atom is 0.311 e. The average Bonchev–Trinajstić information content (AvgIpc) is 2.09. The van der Waals surface area contributed by atoms with Crippen molar-refractivity contribution in [1.82, 2.24) is 0 Å². The smallest absolute Gasteiger partial charge is 0.311 e. The minimum absolute atomic E-state index is 0.206. The van der Waals surface area contributed by atoms with Gasteiger partial charge in [-0.1, -0.05) is 11.8 Å². The lowest BCUT2D eigenvalue weighted by Crippen LogP contribution is -2.19. The van der Waals surface area contributed by atoms with Gasteiger partial charge in [-0.25, -0.2) is 0 Å². The van der Waals surface area contributed by atoms with E-state index in [-0.39, 0.29) is 12.4 Å². The number of nitrogens with two attached hydrogens (primary N) is 1. The van der Waals surface area contributed by atoms with Crippen molar-refractivity contribution in [2.75, 3.05) is 12.4 Å². The third-order valence-electron chi connectivity index (χ3n) is 1.33. The molecule has 0 aliphatic carbocycles. The number of hydrogen-bond acceptors (Lipinski definition) is 6. The highest BCUT2D eigenvalue weighted by atomic mass is 32.2. The first-order chi connectivity index (χ1) is 6.22. The van der Waals surface area contributed by atoms with Crippen molar-refractivity contribution in [3.05, 3.63) is 0 Å². The van der Waals surface area contributed by atoms with Gasteiger partial charge in [-0.05, 0) is 6.92 Å². The van der Waals surface area contributed by atoms with Gasteiger partial charge in [0, 0.05) is 5.75 Å². The lowest BCUT2D eigenvalue weighted by molar-refractivity contribution is -0.141. The van der Waals surface area contributed by atoms with E-state index < -0.39 is 0 Å². The molecular weight excluding hydrogens is 190 g/mol. The Morgan fingerprint density at radius 1 is 1.69 bits per heavy atom. The molecular formula is C7H11N3O2S. The maximum absolute atomic E-state index is 11.0. The summed E-state index contributed by atoms with van der Waals surface area (Å²) < 4.78 is 4.76. The molecule has 6 heteroatoms. The zero-order chi connectivity index (χ0) is 9.68. The standard InChI is InChI=1S/C7H11N3O2S/c1-2-12-6(11)3-5-4-13-7(8)10-9-5/h2-4H2,1H3,(H2,8,10). The molecule has 0 bridgehead atoms. The van der Waals surface area contributed by atoms with Gasteiger partial charge in [0.1, 0.15) is 0 Å². The van der Waals surface area contributed by atoms with Crippen molar-refractivity contribution in [3.8, 4) is 0 Å². The molecule has 0 saturated heterocycles. The van der Waals surface area contributed by atoms with Gasteiger partial charge in [-0.15, -0.1) is 5.10 Å². The van der Waals surface area contributed by atoms with E-state index in [1.165, 1.54) is 11.8 Å². The normalized spacial score (nSPS) is 16.1. The second-order valence-electron chi connectivity index (χ2n) is 2.37. The third kappa shape index (κ3) is 3.45. The summed E-state index contributed by atoms with van der Waals surface area (Å²) in [6.07, 6.45) is 0.206. The van der Waals surface area contributed by atoms with Gasteiger partial charge in [0.25, 0.3) is 0 Å². The molecule has 0 radical (unpaired) electrons. The summed E-state index contributed by atoms with van der Waals surface area (Å²) in [4.78, 5) is 11.0. The van der Waals surface area contributed by atoms with E-state index in [1.54, 1.807) is 6.92 Å². The van der Waals surface area contributed by atoms with E-state index in [2.05, 4.69) is 10.2 Å². The maximum atomic E-state index is 11.0. The van der Waals surface area contributed by atoms with Crippen LogP contribution in [0.2, 0.25) is 0 Å². The van der Waals surface area contributed by atoms with Crippen LogP contribution < -0.4 is 5.73 Å². The average molecular weight is 201 g/mol. The monoisotopic (exact) mass is 201 g/mol. The second-order valence-corrected chi connectivity index (χ2v) is 3.37. The van der Waals surface area contributed by atoms with E-state index in [0.717, 1.165) is 0 Å². The summed E-state index contributed by atoms with van der Waals surface area (Å²) in [5, 5.41) is 7.89. The fourth-order valence-electron chi connectivity index (χ4n) is 0.800. The first-order valence-electron chi connectivity index (χ1n) is 3.89. The zero-order valence-corrected chi connectivity index (χ0v) is 8.13. The number of carbonyl (C=O) groups is 1. The molecule has 1 aliphatic heterocycles. The Morgan fingerprint density at radius 3 is 3.00 bits per heavy atom. The number of amidine groups is 1. The minimum Gasteiger partial charge on any atom is -0.466 e. The Morgan fingerprint density at radius 2 is 2.46 bits per heavy atom. The Labute approximate surface area is 80.4 Å². The SMILES string of the molecule is CCOC(=O)CC1=NN=C(N)SC1. The van der Waals surface area contributed by atoms with Crippen molar-refractivity contribution in [2.24, 2.45) is 15.9 Å². The highest BCUT2D eigenvalue weighted by Crippen LogP contribution is 2.09. The van der Waals surface area contributed by atoms with Crippen LogP contribution in [0.15, 0.2) is 10.2 Å². The van der Waals surface area contributed by atoms with E-state index in [4.69, 9.17) is 10.5 Å². The zero-order valence-electron chi connectivity index (χ0n) is 7.32. The summed E-state index contributed by atoms with van der Waals surface area (Å²) in [7, 11) is 0. The summed E-state index contributed by atoms with van der Waals surface area (Å²) in [5.41, 5.74) is 6.08. The second kappa shape index (κ2) is 4.86. The van der Waals surface area contributed by atoms with Gasteiger partial charge < -0.3 is 10.5 Å². The van der Waals surface area contributed by atoms with Crippen LogP contribution in [-0.2, 0) is 9.53 Å². The Bertz CT molecular complexity index is 262. The number of hydrogen-bond donors (Lipinski definition) is 1. The molecule has 0 saturated carbocycles. The molecule has 0 aromatic heterocycles. The van der Waals surface area contributed by atoms with Gasteiger partial charge in [0.05, 0.1) is 18.7 Å². The van der Waals surface area contributed by atoms with Gasteiger partial charge in [0.15, 0.2) is 5.17 Å². The van der Waals surface area contributed by atoms with Gasteiger partial charge in [-0.2, -0.15) is 5.10 Å². The molecule has 5 nitrogen and oxygen atoms in total. The molecule has 0 aromatic rings. The highest BCUT2D eigenvalue weighted by Gasteiger charge is 2.12. The van der Waals surface area contributed by atoms with Crippen LogP contribution in [0.5, 0.6) is 0 Å². The van der Waals surface area contributed by atoms with Gasteiger partial charge in [-0.3, -0.25) is 4.79 Å². The molecule has 0 amide bonds. The Hall–Kier alpha value is -1.04. The fourth-order valence-corrected chi connectivity index (χ4v) is 1.37. The van der Waals surface area contributed by atoms with Crippen LogP contribution in [0.4, 0.5) is 0 Å². The van der Waals surface area contributed by atoms with Crippen molar-refractivity contribution in [1.29, 1.82) is 0 Å². The first-order valence-corrected chi connectivity index (χ1v) is 4.88. The minimum atomic E-state index is -0.266. The van der Waals surface area contributed by atoms with Crippen LogP contribution in [0, 0.1) is 0 Å². The third-order valence-corrected chi connectivity index (χ3v) is 2.19. The summed E-state index contributed by atoms with van der Waals surface area (Å²) in [5.74, 6) is 0.353. The molecule has 0 atom stereocenters. The predicted molar refractivity (Wildman–Crippen MR) is 52.8 cm³/mol. The van der Waals surface area contributed by atoms with E-state index in [9.17, 15) is 4.79 Å². The van der Waals surface area contributed by atoms with Crippen molar-refractivity contribution >= 4 is 28.6 Å². The topological polar surface area (TPSA) is 77.0 Å². The molecule has 0 fully saturated rings. The number of ether oxygens (including phenoxy) is 1. The van der Waals surface area contributed by atoms with E-state index in [1.807, 2.05) is 0 Å². The number of nitrogens with zero attached hydrogens (tertiary/aromatic N) is 2. The number of rotatable bonds is 3. The van der Waals surface area contributed by atoms with Crippen LogP contribution in [0.1, 0.15) is 13.3 Å². The molecule has 1 heterocycles. The first kappa shape index (κ1) is 10.0. The van der Waals surface area contributed by atoms with Crippen molar-refractivity contribution < 1.29 is 9.53 Å². The van der Waals surface area contributed by atoms with Crippen molar-refractivity contribution in [3.63, 3.8) is 0 Å². The molecule has 1 rings (SSSR count). The lowest BCUT2D eigenvalue weighted by Gasteiger charge is -2.07. The van der Waals surface area contributed by atoms with Crippen molar-refractivity contribution in [2.45, 2.75) is 13.3 Å². The van der Waals surface area contributed by atoms with Crippen LogP contribution in [-0.4, -0.2) is 29.2 Å². The predicted octanol–water partition coefficient (Wildman–Crippen LogP) is 0.357. The Balaban J connectivity index is 2.42. The quantitative estimate of drug-likeness (QED) is 0.669. The Kier molecular flexibility index (Phi) is 3.75. The number of thioether (sulfide) groups is 1. The molecule has 0 spiro atoms. The van der Waals surface area contributed by atoms with E-state index in [0.29, 0.717) is 23.2 Å². The van der Waals surface area contributed by atoms with Gasteiger partial charge in [0.2, 0.25) is 0 Å². The molecule has 0 aromatic carbocycles. The number of esters is 1. The largest absolute Gasteiger partial charge is 0.466 e. The lowest BCUT2D eigenvalue weighted by atomic mass is 10.3. The van der Waals surface area contributed by atoms with Gasteiger partial charge >= 0.3 is 5.97 Å². The fraction of sp³-hybridized carbons (Fsp3) is 0.571. The summed E-state index contributed by atoms with van der Waals surface area (Å²) in [6, 6.07) is 0. The van der Waals surface area contributed by atoms with Crippen LogP contribution in [0.25, 0.3) is 0 Å². The highest BCUT2D eigenvalue weighted by molar-refractivity contribution is 8.14. The summed E-state index contributed by atoms with van der Waals surface area (Å²) >= 11 is 1.38. The molecule has 0 unspecified atom stereocenters. The number of carbonyl (C=O) groups excluding carboxylic acids is 1. The molecule has 2 N–H and O–H groups in total. The van der Waals surface area contributed by atoms with Crippen LogP contribution in [0.3, 0.4) is 0 Å². The molecule has 72 valence electrons. The molecule has 1 aliphatic rings. The van der Waals surface area contributed by atoms with Crippen LogP contribution >= 0.6 is 11.8 Å². The van der Waals surface area contributed by atoms with E-state index >= 15 is 0 Å².